The summed E-state index contributed by atoms with van der Waals surface area (Å²) in [4.78, 5) is 1.24. The molecule has 1 aliphatic rings. The molecule has 0 aliphatic carbocycles. The van der Waals surface area contributed by atoms with Gasteiger partial charge in [-0.2, -0.15) is 0 Å². The highest BCUT2D eigenvalue weighted by Gasteiger charge is 2.14. The Morgan fingerprint density at radius 3 is 3.07 bits per heavy atom. The predicted octanol–water partition coefficient (Wildman–Crippen LogP) is 2.54. The highest BCUT2D eigenvalue weighted by atomic mass is 32.2. The summed E-state index contributed by atoms with van der Waals surface area (Å²) in [5, 5.41) is 3.50. The summed E-state index contributed by atoms with van der Waals surface area (Å²) in [6.07, 6.45) is 2.62. The minimum atomic E-state index is 0.680. The molecule has 1 heterocycles. The number of methoxy groups -OCH3 is 1. The van der Waals surface area contributed by atoms with Crippen molar-refractivity contribution in [2.45, 2.75) is 23.8 Å². The van der Waals surface area contributed by atoms with Gasteiger partial charge in [0.05, 0.1) is 7.11 Å². The van der Waals surface area contributed by atoms with E-state index in [9.17, 15) is 0 Å². The van der Waals surface area contributed by atoms with Crippen LogP contribution in [0.3, 0.4) is 0 Å². The number of thioether (sulfide) groups is 1. The number of benzene rings is 1. The van der Waals surface area contributed by atoms with Gasteiger partial charge in [-0.05, 0) is 31.5 Å². The van der Waals surface area contributed by atoms with Gasteiger partial charge in [-0.3, -0.25) is 0 Å². The van der Waals surface area contributed by atoms with E-state index in [0.29, 0.717) is 6.04 Å². The van der Waals surface area contributed by atoms with Crippen molar-refractivity contribution in [3.63, 3.8) is 0 Å². The Morgan fingerprint density at radius 1 is 1.47 bits per heavy atom. The quantitative estimate of drug-likeness (QED) is 0.793. The van der Waals surface area contributed by atoms with E-state index in [4.69, 9.17) is 4.74 Å². The van der Waals surface area contributed by atoms with Crippen molar-refractivity contribution >= 4 is 11.8 Å². The zero-order valence-corrected chi connectivity index (χ0v) is 9.85. The SMILES string of the molecule is COc1ccccc1SCC1CCCN1. The van der Waals surface area contributed by atoms with Crippen molar-refractivity contribution < 1.29 is 4.74 Å². The number of nitrogens with one attached hydrogen (secondary N) is 1. The maximum atomic E-state index is 5.32. The fourth-order valence-electron chi connectivity index (χ4n) is 1.83. The number of rotatable bonds is 4. The Hall–Kier alpha value is -0.670. The molecule has 0 spiro atoms. The Bertz CT molecular complexity index is 310. The van der Waals surface area contributed by atoms with Crippen molar-refractivity contribution in [3.8, 4) is 5.75 Å². The second kappa shape index (κ2) is 5.42. The van der Waals surface area contributed by atoms with Gasteiger partial charge in [0.2, 0.25) is 0 Å². The van der Waals surface area contributed by atoms with Gasteiger partial charge < -0.3 is 10.1 Å². The molecule has 3 heteroatoms. The summed E-state index contributed by atoms with van der Waals surface area (Å²) in [7, 11) is 1.73. The predicted molar refractivity (Wildman–Crippen MR) is 64.7 cm³/mol. The summed E-state index contributed by atoms with van der Waals surface area (Å²) < 4.78 is 5.32. The van der Waals surface area contributed by atoms with Gasteiger partial charge in [-0.1, -0.05) is 12.1 Å². The van der Waals surface area contributed by atoms with Crippen molar-refractivity contribution in [2.24, 2.45) is 0 Å². The van der Waals surface area contributed by atoms with Gasteiger partial charge in [0.25, 0.3) is 0 Å². The smallest absolute Gasteiger partial charge is 0.132 e. The summed E-state index contributed by atoms with van der Waals surface area (Å²) in [6.45, 7) is 1.18. The van der Waals surface area contributed by atoms with Gasteiger partial charge in [0.15, 0.2) is 0 Å². The molecular weight excluding hydrogens is 206 g/mol. The molecule has 0 saturated carbocycles. The fourth-order valence-corrected chi connectivity index (χ4v) is 2.96. The maximum Gasteiger partial charge on any atom is 0.132 e. The molecular formula is C12H17NOS. The van der Waals surface area contributed by atoms with Crippen LogP contribution in [0.25, 0.3) is 0 Å². The molecule has 82 valence electrons. The third kappa shape index (κ3) is 2.89. The van der Waals surface area contributed by atoms with Crippen LogP contribution >= 0.6 is 11.8 Å². The lowest BCUT2D eigenvalue weighted by Crippen LogP contribution is -2.23. The second-order valence-electron chi connectivity index (χ2n) is 3.76. The van der Waals surface area contributed by atoms with Gasteiger partial charge >= 0.3 is 0 Å². The summed E-state index contributed by atoms with van der Waals surface area (Å²) in [5.74, 6) is 2.13. The first kappa shape index (κ1) is 10.8. The van der Waals surface area contributed by atoms with E-state index < -0.39 is 0 Å². The summed E-state index contributed by atoms with van der Waals surface area (Å²) >= 11 is 1.88. The van der Waals surface area contributed by atoms with Crippen LogP contribution in [0, 0.1) is 0 Å². The molecule has 0 radical (unpaired) electrons. The van der Waals surface area contributed by atoms with E-state index >= 15 is 0 Å². The number of para-hydroxylation sites is 1. The molecule has 1 aliphatic heterocycles. The largest absolute Gasteiger partial charge is 0.496 e. The average molecular weight is 223 g/mol. The van der Waals surface area contributed by atoms with E-state index in [2.05, 4.69) is 17.4 Å². The first-order valence-electron chi connectivity index (χ1n) is 5.39. The fraction of sp³-hybridized carbons (Fsp3) is 0.500. The molecule has 1 saturated heterocycles. The third-order valence-electron chi connectivity index (χ3n) is 2.67. The first-order chi connectivity index (χ1) is 7.40. The number of hydrogen-bond acceptors (Lipinski definition) is 3. The Labute approximate surface area is 95.4 Å². The van der Waals surface area contributed by atoms with E-state index in [0.717, 1.165) is 11.5 Å². The molecule has 1 aromatic rings. The van der Waals surface area contributed by atoms with E-state index in [1.807, 2.05) is 23.9 Å². The molecule has 2 nitrogen and oxygen atoms in total. The minimum absolute atomic E-state index is 0.680. The van der Waals surface area contributed by atoms with Crippen LogP contribution in [0.5, 0.6) is 5.75 Å². The topological polar surface area (TPSA) is 21.3 Å². The van der Waals surface area contributed by atoms with Crippen LogP contribution in [-0.4, -0.2) is 25.4 Å². The average Bonchev–Trinajstić information content (AvgIpc) is 2.79. The van der Waals surface area contributed by atoms with Crippen molar-refractivity contribution in [2.75, 3.05) is 19.4 Å². The summed E-state index contributed by atoms with van der Waals surface area (Å²) in [6, 6.07) is 8.90. The van der Waals surface area contributed by atoms with Crippen molar-refractivity contribution in [1.29, 1.82) is 0 Å². The van der Waals surface area contributed by atoms with Crippen molar-refractivity contribution in [3.05, 3.63) is 24.3 Å². The maximum absolute atomic E-state index is 5.32. The van der Waals surface area contributed by atoms with Gasteiger partial charge in [-0.25, -0.2) is 0 Å². The molecule has 1 atom stereocenters. The van der Waals surface area contributed by atoms with E-state index in [1.54, 1.807) is 7.11 Å². The third-order valence-corrected chi connectivity index (χ3v) is 3.89. The van der Waals surface area contributed by atoms with Crippen LogP contribution < -0.4 is 10.1 Å². The molecule has 1 N–H and O–H groups in total. The van der Waals surface area contributed by atoms with Gasteiger partial charge in [-0.15, -0.1) is 11.8 Å². The van der Waals surface area contributed by atoms with Gasteiger partial charge in [0, 0.05) is 16.7 Å². The zero-order valence-electron chi connectivity index (χ0n) is 9.03. The molecule has 1 aromatic carbocycles. The molecule has 0 aromatic heterocycles. The molecule has 0 amide bonds. The zero-order chi connectivity index (χ0) is 10.5. The van der Waals surface area contributed by atoms with Crippen LogP contribution in [0.4, 0.5) is 0 Å². The molecule has 1 fully saturated rings. The Balaban J connectivity index is 1.91. The van der Waals surface area contributed by atoms with E-state index in [-0.39, 0.29) is 0 Å². The highest BCUT2D eigenvalue weighted by molar-refractivity contribution is 7.99. The van der Waals surface area contributed by atoms with Crippen molar-refractivity contribution in [1.82, 2.24) is 5.32 Å². The van der Waals surface area contributed by atoms with Crippen LogP contribution in [0.1, 0.15) is 12.8 Å². The molecule has 1 unspecified atom stereocenters. The highest BCUT2D eigenvalue weighted by Crippen LogP contribution is 2.29. The van der Waals surface area contributed by atoms with E-state index in [1.165, 1.54) is 24.3 Å². The standard InChI is InChI=1S/C12H17NOS/c1-14-11-6-2-3-7-12(11)15-9-10-5-4-8-13-10/h2-3,6-7,10,13H,4-5,8-9H2,1H3. The lowest BCUT2D eigenvalue weighted by molar-refractivity contribution is 0.405. The number of hydrogen-bond donors (Lipinski definition) is 1. The monoisotopic (exact) mass is 223 g/mol. The van der Waals surface area contributed by atoms with Crippen LogP contribution in [-0.2, 0) is 0 Å². The number of ether oxygens (including phenoxy) is 1. The lowest BCUT2D eigenvalue weighted by Gasteiger charge is -2.11. The molecule has 2 rings (SSSR count). The normalized spacial score (nSPS) is 20.5. The van der Waals surface area contributed by atoms with Crippen LogP contribution in [0.2, 0.25) is 0 Å². The van der Waals surface area contributed by atoms with Crippen LogP contribution in [0.15, 0.2) is 29.2 Å². The van der Waals surface area contributed by atoms with Gasteiger partial charge in [0.1, 0.15) is 5.75 Å². The second-order valence-corrected chi connectivity index (χ2v) is 4.82. The Morgan fingerprint density at radius 2 is 2.33 bits per heavy atom. The molecule has 0 bridgehead atoms. The first-order valence-corrected chi connectivity index (χ1v) is 6.38. The molecule has 15 heavy (non-hydrogen) atoms. The summed E-state index contributed by atoms with van der Waals surface area (Å²) in [5.41, 5.74) is 0. The minimum Gasteiger partial charge on any atom is -0.496 e. The Kier molecular flexibility index (Phi) is 3.92. The lowest BCUT2D eigenvalue weighted by atomic mass is 10.3.